The van der Waals surface area contributed by atoms with Crippen LogP contribution in [-0.4, -0.2) is 28.6 Å². The molecule has 6 aromatic carbocycles. The fraction of sp³-hybridized carbons (Fsp3) is 0.245. The molecular weight excluding hydrogens is 763 g/mol. The Morgan fingerprint density at radius 3 is 1.93 bits per heavy atom. The number of rotatable bonds is 8. The van der Waals surface area contributed by atoms with Crippen molar-refractivity contribution < 1.29 is 40.7 Å². The molecule has 0 spiro atoms. The first-order valence-electron chi connectivity index (χ1n) is 19.7. The molecule has 0 amide bonds. The van der Waals surface area contributed by atoms with Crippen LogP contribution in [-0.2, 0) is 30.2 Å². The standard InChI is InChI=1S/C43H37F6N2O.C6H6O/c1-2-28-24-51(25-38-34-11-5-3-9-30(34)21-31-10-4-6-12-35(31)38)18-16-29(28)22-40(51)41(37-15-17-50-39-14-8-7-13-36(37)39)52-26-27-19-32(42(44,45)46)23-33(20-27)43(47,48)49;7-6-4-2-1-3-5-6/h2-15,17,19-21,23,28-29,40-41H,1,16,18,22,24-26H2;1-5,7H/q+1;/p-1/t28-,29-,40-,41+,51?;/m0./s1. The van der Waals surface area contributed by atoms with Gasteiger partial charge in [-0.2, -0.15) is 26.3 Å². The van der Waals surface area contributed by atoms with Gasteiger partial charge in [0.1, 0.15) is 18.7 Å². The fourth-order valence-corrected chi connectivity index (χ4v) is 9.44. The molecule has 0 saturated carbocycles. The highest BCUT2D eigenvalue weighted by Crippen LogP contribution is 2.50. The number of piperidine rings is 3. The minimum Gasteiger partial charge on any atom is -0.872 e. The molecule has 1 unspecified atom stereocenters. The quantitative estimate of drug-likeness (QED) is 0.0665. The van der Waals surface area contributed by atoms with E-state index in [-0.39, 0.29) is 29.3 Å². The van der Waals surface area contributed by atoms with Crippen molar-refractivity contribution in [2.75, 3.05) is 13.1 Å². The number of alkyl halides is 6. The van der Waals surface area contributed by atoms with Crippen molar-refractivity contribution in [1.29, 1.82) is 0 Å². The summed E-state index contributed by atoms with van der Waals surface area (Å²) in [6.07, 6.45) is -5.09. The second kappa shape index (κ2) is 16.2. The SMILES string of the molecule is C=C[C@H]1C[N+]2(Cc3c4ccccc4cc4ccccc34)CC[C@H]1C[C@H]2[C@H](OCc1cc(C(F)(F)F)cc(C(F)(F)F)c1)c1ccnc2ccccc12.[O-]c1ccccc1. The van der Waals surface area contributed by atoms with E-state index in [1.807, 2.05) is 66.7 Å². The Hall–Kier alpha value is -5.71. The van der Waals surface area contributed by atoms with Crippen LogP contribution in [0.4, 0.5) is 26.3 Å². The molecule has 3 saturated heterocycles. The summed E-state index contributed by atoms with van der Waals surface area (Å²) in [4.78, 5) is 4.57. The molecule has 1 aromatic heterocycles. The van der Waals surface area contributed by atoms with Crippen molar-refractivity contribution in [2.45, 2.75) is 50.5 Å². The number of fused-ring (bicyclic) bond motifs is 6. The van der Waals surface area contributed by atoms with Crippen LogP contribution in [0.25, 0.3) is 32.4 Å². The van der Waals surface area contributed by atoms with Crippen LogP contribution in [0.15, 0.2) is 152 Å². The number of halogens is 6. The van der Waals surface area contributed by atoms with Crippen LogP contribution in [0.3, 0.4) is 0 Å². The first-order valence-corrected chi connectivity index (χ1v) is 19.7. The lowest BCUT2D eigenvalue weighted by atomic mass is 9.70. The second-order valence-corrected chi connectivity index (χ2v) is 15.7. The average molecular weight is 805 g/mol. The summed E-state index contributed by atoms with van der Waals surface area (Å²) < 4.78 is 90.7. The molecule has 0 aliphatic carbocycles. The minimum absolute atomic E-state index is 0.0718. The molecule has 10 rings (SSSR count). The number of ether oxygens (including phenoxy) is 1. The van der Waals surface area contributed by atoms with Crippen LogP contribution < -0.4 is 5.11 Å². The number of hydrogen-bond donors (Lipinski definition) is 0. The van der Waals surface area contributed by atoms with Gasteiger partial charge in [-0.1, -0.05) is 103 Å². The number of quaternary nitrogens is 1. The molecule has 4 heterocycles. The zero-order chi connectivity index (χ0) is 41.4. The molecule has 3 fully saturated rings. The summed E-state index contributed by atoms with van der Waals surface area (Å²) >= 11 is 0. The van der Waals surface area contributed by atoms with E-state index >= 15 is 0 Å². The van der Waals surface area contributed by atoms with Crippen molar-refractivity contribution in [3.8, 4) is 5.75 Å². The van der Waals surface area contributed by atoms with Crippen LogP contribution in [0.2, 0.25) is 0 Å². The maximum atomic E-state index is 13.9. The van der Waals surface area contributed by atoms with Crippen LogP contribution in [0.1, 0.15) is 46.8 Å². The molecule has 0 N–H and O–H groups in total. The van der Waals surface area contributed by atoms with Gasteiger partial charge >= 0.3 is 12.4 Å². The van der Waals surface area contributed by atoms with Gasteiger partial charge in [-0.15, -0.1) is 12.3 Å². The highest BCUT2D eigenvalue weighted by Gasteiger charge is 2.55. The monoisotopic (exact) mass is 804 g/mol. The predicted octanol–water partition coefficient (Wildman–Crippen LogP) is 12.2. The van der Waals surface area contributed by atoms with Gasteiger partial charge in [-0.25, -0.2) is 0 Å². The Kier molecular flexibility index (Phi) is 11.0. The number of aromatic nitrogens is 1. The average Bonchev–Trinajstić information content (AvgIpc) is 3.23. The number of pyridine rings is 1. The lowest BCUT2D eigenvalue weighted by molar-refractivity contribution is -0.984. The number of para-hydroxylation sites is 2. The summed E-state index contributed by atoms with van der Waals surface area (Å²) in [6.45, 7) is 6.09. The third-order valence-electron chi connectivity index (χ3n) is 12.2. The van der Waals surface area contributed by atoms with Crippen molar-refractivity contribution in [1.82, 2.24) is 4.98 Å². The maximum Gasteiger partial charge on any atom is 0.416 e. The lowest BCUT2D eigenvalue weighted by Gasteiger charge is -2.58. The molecular formula is C49H42F6N2O2. The van der Waals surface area contributed by atoms with E-state index in [1.54, 1.807) is 18.3 Å². The van der Waals surface area contributed by atoms with Crippen LogP contribution >= 0.6 is 0 Å². The first-order chi connectivity index (χ1) is 28.3. The van der Waals surface area contributed by atoms with Gasteiger partial charge in [-0.3, -0.25) is 4.98 Å². The lowest BCUT2D eigenvalue weighted by Crippen LogP contribution is -2.67. The van der Waals surface area contributed by atoms with Crippen LogP contribution in [0, 0.1) is 11.8 Å². The topological polar surface area (TPSA) is 45.2 Å². The molecule has 4 nitrogen and oxygen atoms in total. The Balaban J connectivity index is 0.000000628. The summed E-state index contributed by atoms with van der Waals surface area (Å²) in [6, 6.07) is 38.3. The van der Waals surface area contributed by atoms with Crippen molar-refractivity contribution in [2.24, 2.45) is 11.8 Å². The molecule has 7 aromatic rings. The van der Waals surface area contributed by atoms with E-state index in [0.29, 0.717) is 16.9 Å². The summed E-state index contributed by atoms with van der Waals surface area (Å²) in [5, 5.41) is 15.7. The normalized spacial score (nSPS) is 20.9. The maximum absolute atomic E-state index is 13.9. The smallest absolute Gasteiger partial charge is 0.416 e. The molecule has 3 aliphatic heterocycles. The van der Waals surface area contributed by atoms with E-state index in [2.05, 4.69) is 41.9 Å². The molecule has 5 atom stereocenters. The highest BCUT2D eigenvalue weighted by molar-refractivity contribution is 6.02. The first kappa shape index (κ1) is 40.1. The van der Waals surface area contributed by atoms with Gasteiger partial charge in [0.2, 0.25) is 0 Å². The number of hydrogen-bond acceptors (Lipinski definition) is 3. The zero-order valence-corrected chi connectivity index (χ0v) is 32.1. The Morgan fingerprint density at radius 2 is 1.34 bits per heavy atom. The third-order valence-corrected chi connectivity index (χ3v) is 12.2. The van der Waals surface area contributed by atoms with Gasteiger partial charge in [0.05, 0.1) is 36.3 Å². The van der Waals surface area contributed by atoms with Crippen LogP contribution in [0.5, 0.6) is 5.75 Å². The summed E-state index contributed by atoms with van der Waals surface area (Å²) in [5.41, 5.74) is -0.120. The predicted molar refractivity (Wildman–Crippen MR) is 217 cm³/mol. The Labute approximate surface area is 338 Å². The van der Waals surface area contributed by atoms with Crippen molar-refractivity contribution in [3.05, 3.63) is 180 Å². The number of nitrogens with zero attached hydrogens (tertiary/aromatic N) is 2. The third kappa shape index (κ3) is 8.29. The molecule has 0 radical (unpaired) electrons. The fourth-order valence-electron chi connectivity index (χ4n) is 9.44. The highest BCUT2D eigenvalue weighted by atomic mass is 19.4. The van der Waals surface area contributed by atoms with Crippen molar-refractivity contribution >= 4 is 32.4 Å². The van der Waals surface area contributed by atoms with E-state index in [1.165, 1.54) is 17.7 Å². The van der Waals surface area contributed by atoms with E-state index in [4.69, 9.17) is 4.74 Å². The molecule has 302 valence electrons. The largest absolute Gasteiger partial charge is 0.872 e. The molecule has 3 aliphatic rings. The minimum atomic E-state index is -4.96. The van der Waals surface area contributed by atoms with Crippen molar-refractivity contribution in [3.63, 3.8) is 0 Å². The summed E-state index contributed by atoms with van der Waals surface area (Å²) in [7, 11) is 0. The molecule has 10 heteroatoms. The summed E-state index contributed by atoms with van der Waals surface area (Å²) in [5.74, 6) is 0.637. The van der Waals surface area contributed by atoms with Gasteiger partial charge < -0.3 is 14.3 Å². The Bertz CT molecular complexity index is 2520. The molecule has 2 bridgehead atoms. The van der Waals surface area contributed by atoms with E-state index in [0.717, 1.165) is 76.1 Å². The number of benzene rings is 6. The zero-order valence-electron chi connectivity index (χ0n) is 32.1. The Morgan fingerprint density at radius 1 is 0.746 bits per heavy atom. The molecule has 59 heavy (non-hydrogen) atoms. The van der Waals surface area contributed by atoms with E-state index < -0.39 is 36.2 Å². The van der Waals surface area contributed by atoms with Gasteiger partial charge in [0, 0.05) is 35.9 Å². The van der Waals surface area contributed by atoms with Gasteiger partial charge in [0.15, 0.2) is 0 Å². The van der Waals surface area contributed by atoms with Gasteiger partial charge in [-0.05, 0) is 75.0 Å². The van der Waals surface area contributed by atoms with Gasteiger partial charge in [0.25, 0.3) is 0 Å². The second-order valence-electron chi connectivity index (χ2n) is 15.7. The van der Waals surface area contributed by atoms with E-state index in [9.17, 15) is 31.4 Å².